The van der Waals surface area contributed by atoms with E-state index in [1.54, 1.807) is 38.2 Å². The fraction of sp³-hybridized carbons (Fsp3) is 0.269. The van der Waals surface area contributed by atoms with Crippen molar-refractivity contribution in [3.8, 4) is 16.9 Å². The van der Waals surface area contributed by atoms with Crippen LogP contribution in [-0.2, 0) is 21.4 Å². The normalized spacial score (nSPS) is 12.5. The number of nitrogens with one attached hydrogen (secondary N) is 1. The maximum absolute atomic E-state index is 12.6. The lowest BCUT2D eigenvalue weighted by molar-refractivity contribution is -0.127. The van der Waals surface area contributed by atoms with Crippen molar-refractivity contribution >= 4 is 15.9 Å². The highest BCUT2D eigenvalue weighted by Crippen LogP contribution is 2.23. The molecular formula is C26H30N2O4S. The second-order valence-electron chi connectivity index (χ2n) is 8.13. The summed E-state index contributed by atoms with van der Waals surface area (Å²) in [5.74, 6) is 0.361. The number of nitrogens with zero attached hydrogens (tertiary/aromatic N) is 1. The van der Waals surface area contributed by atoms with Gasteiger partial charge in [0.15, 0.2) is 6.10 Å². The van der Waals surface area contributed by atoms with E-state index in [-0.39, 0.29) is 23.4 Å². The summed E-state index contributed by atoms with van der Waals surface area (Å²) in [5.41, 5.74) is 2.99. The van der Waals surface area contributed by atoms with Gasteiger partial charge < -0.3 is 10.1 Å². The molecule has 0 aliphatic rings. The molecule has 1 amide bonds. The van der Waals surface area contributed by atoms with Crippen LogP contribution in [0.25, 0.3) is 11.1 Å². The molecule has 6 nitrogen and oxygen atoms in total. The Balaban J connectivity index is 1.54. The van der Waals surface area contributed by atoms with Crippen molar-refractivity contribution in [3.63, 3.8) is 0 Å². The molecular weight excluding hydrogens is 436 g/mol. The van der Waals surface area contributed by atoms with Gasteiger partial charge in [-0.3, -0.25) is 4.79 Å². The van der Waals surface area contributed by atoms with E-state index < -0.39 is 16.1 Å². The Hall–Kier alpha value is -3.16. The molecule has 0 heterocycles. The maximum atomic E-state index is 12.6. The third kappa shape index (κ3) is 6.21. The van der Waals surface area contributed by atoms with Gasteiger partial charge in [-0.2, -0.15) is 4.31 Å². The second kappa shape index (κ2) is 10.6. The zero-order chi connectivity index (χ0) is 24.0. The summed E-state index contributed by atoms with van der Waals surface area (Å²) in [5, 5.41) is 2.83. The summed E-state index contributed by atoms with van der Waals surface area (Å²) in [6.07, 6.45) is -0.674. The molecule has 3 rings (SSSR count). The van der Waals surface area contributed by atoms with Crippen molar-refractivity contribution in [2.75, 3.05) is 7.05 Å². The Kier molecular flexibility index (Phi) is 7.89. The molecule has 0 fully saturated rings. The Morgan fingerprint density at radius 2 is 1.45 bits per heavy atom. The average Bonchev–Trinajstić information content (AvgIpc) is 2.83. The number of sulfonamides is 1. The van der Waals surface area contributed by atoms with Crippen molar-refractivity contribution < 1.29 is 17.9 Å². The first-order chi connectivity index (χ1) is 15.7. The van der Waals surface area contributed by atoms with E-state index >= 15 is 0 Å². The average molecular weight is 467 g/mol. The SMILES string of the molecule is CC(Oc1ccc(-c2ccccc2)cc1)C(=O)NCc1ccc(S(=O)(=O)N(C)C(C)C)cc1. The summed E-state index contributed by atoms with van der Waals surface area (Å²) in [6.45, 7) is 5.61. The minimum absolute atomic E-state index is 0.134. The van der Waals surface area contributed by atoms with E-state index in [4.69, 9.17) is 4.74 Å². The number of carbonyl (C=O) groups is 1. The minimum Gasteiger partial charge on any atom is -0.481 e. The highest BCUT2D eigenvalue weighted by atomic mass is 32.2. The second-order valence-corrected chi connectivity index (χ2v) is 10.1. The van der Waals surface area contributed by atoms with Crippen LogP contribution in [0.15, 0.2) is 83.8 Å². The summed E-state index contributed by atoms with van der Waals surface area (Å²) in [4.78, 5) is 12.7. The smallest absolute Gasteiger partial charge is 0.261 e. The van der Waals surface area contributed by atoms with Crippen LogP contribution in [0.5, 0.6) is 5.75 Å². The Morgan fingerprint density at radius 1 is 0.879 bits per heavy atom. The lowest BCUT2D eigenvalue weighted by atomic mass is 10.1. The van der Waals surface area contributed by atoms with E-state index in [1.807, 2.05) is 68.4 Å². The largest absolute Gasteiger partial charge is 0.481 e. The minimum atomic E-state index is -3.53. The fourth-order valence-electron chi connectivity index (χ4n) is 3.17. The first-order valence-electron chi connectivity index (χ1n) is 10.9. The van der Waals surface area contributed by atoms with Crippen molar-refractivity contribution in [2.45, 2.75) is 44.4 Å². The lowest BCUT2D eigenvalue weighted by Crippen LogP contribution is -2.36. The van der Waals surface area contributed by atoms with Crippen molar-refractivity contribution in [1.82, 2.24) is 9.62 Å². The van der Waals surface area contributed by atoms with Gasteiger partial charge in [0.1, 0.15) is 5.75 Å². The monoisotopic (exact) mass is 466 g/mol. The van der Waals surface area contributed by atoms with Gasteiger partial charge in [-0.1, -0.05) is 54.6 Å². The van der Waals surface area contributed by atoms with Crippen LogP contribution in [0.4, 0.5) is 0 Å². The van der Waals surface area contributed by atoms with Gasteiger partial charge in [-0.25, -0.2) is 8.42 Å². The molecule has 0 aliphatic heterocycles. The quantitative estimate of drug-likeness (QED) is 0.505. The van der Waals surface area contributed by atoms with Crippen LogP contribution in [0.1, 0.15) is 26.3 Å². The molecule has 0 spiro atoms. The van der Waals surface area contributed by atoms with Crippen LogP contribution >= 0.6 is 0 Å². The van der Waals surface area contributed by atoms with Gasteiger partial charge in [-0.05, 0) is 61.7 Å². The molecule has 0 radical (unpaired) electrons. The molecule has 0 saturated carbocycles. The molecule has 3 aromatic carbocycles. The lowest BCUT2D eigenvalue weighted by Gasteiger charge is -2.21. The van der Waals surface area contributed by atoms with Crippen molar-refractivity contribution in [2.24, 2.45) is 0 Å². The van der Waals surface area contributed by atoms with Gasteiger partial charge >= 0.3 is 0 Å². The van der Waals surface area contributed by atoms with E-state index in [0.717, 1.165) is 16.7 Å². The highest BCUT2D eigenvalue weighted by molar-refractivity contribution is 7.89. The van der Waals surface area contributed by atoms with Gasteiger partial charge in [-0.15, -0.1) is 0 Å². The fourth-order valence-corrected chi connectivity index (χ4v) is 4.54. The molecule has 1 N–H and O–H groups in total. The van der Waals surface area contributed by atoms with E-state index in [2.05, 4.69) is 5.32 Å². The number of ether oxygens (including phenoxy) is 1. The van der Waals surface area contributed by atoms with Crippen molar-refractivity contribution in [1.29, 1.82) is 0 Å². The zero-order valence-corrected chi connectivity index (χ0v) is 20.2. The molecule has 0 bridgehead atoms. The Labute approximate surface area is 196 Å². The number of hydrogen-bond donors (Lipinski definition) is 1. The summed E-state index contributed by atoms with van der Waals surface area (Å²) in [6, 6.07) is 24.0. The van der Waals surface area contributed by atoms with Crippen molar-refractivity contribution in [3.05, 3.63) is 84.4 Å². The molecule has 3 aromatic rings. The van der Waals surface area contributed by atoms with Crippen LogP contribution in [0, 0.1) is 0 Å². The standard InChI is InChI=1S/C26H30N2O4S/c1-19(2)28(4)33(30,31)25-16-10-21(11-17-25)18-27-26(29)20(3)32-24-14-12-23(13-15-24)22-8-6-5-7-9-22/h5-17,19-20H,18H2,1-4H3,(H,27,29). The molecule has 7 heteroatoms. The highest BCUT2D eigenvalue weighted by Gasteiger charge is 2.23. The van der Waals surface area contributed by atoms with E-state index in [1.165, 1.54) is 4.31 Å². The predicted octanol–water partition coefficient (Wildman–Crippen LogP) is 4.47. The third-order valence-corrected chi connectivity index (χ3v) is 7.49. The van der Waals surface area contributed by atoms with Crippen LogP contribution in [0.2, 0.25) is 0 Å². The van der Waals surface area contributed by atoms with Gasteiger partial charge in [0.25, 0.3) is 5.91 Å². The first-order valence-corrected chi connectivity index (χ1v) is 12.3. The van der Waals surface area contributed by atoms with Crippen LogP contribution < -0.4 is 10.1 Å². The summed E-state index contributed by atoms with van der Waals surface area (Å²) >= 11 is 0. The molecule has 0 aromatic heterocycles. The molecule has 0 aliphatic carbocycles. The molecule has 0 saturated heterocycles. The summed E-state index contributed by atoms with van der Waals surface area (Å²) < 4.78 is 32.2. The van der Waals surface area contributed by atoms with E-state index in [0.29, 0.717) is 5.75 Å². The Bertz CT molecular complexity index is 1160. The Morgan fingerprint density at radius 3 is 2.03 bits per heavy atom. The number of benzene rings is 3. The van der Waals surface area contributed by atoms with Crippen LogP contribution in [0.3, 0.4) is 0 Å². The van der Waals surface area contributed by atoms with Gasteiger partial charge in [0, 0.05) is 19.6 Å². The molecule has 33 heavy (non-hydrogen) atoms. The molecule has 174 valence electrons. The number of hydrogen-bond acceptors (Lipinski definition) is 4. The zero-order valence-electron chi connectivity index (χ0n) is 19.4. The third-order valence-electron chi connectivity index (χ3n) is 5.44. The number of carbonyl (C=O) groups excluding carboxylic acids is 1. The first kappa shape index (κ1) is 24.5. The predicted molar refractivity (Wildman–Crippen MR) is 130 cm³/mol. The van der Waals surface area contributed by atoms with Crippen LogP contribution in [-0.4, -0.2) is 37.8 Å². The van der Waals surface area contributed by atoms with Gasteiger partial charge in [0.2, 0.25) is 10.0 Å². The van der Waals surface area contributed by atoms with E-state index in [9.17, 15) is 13.2 Å². The van der Waals surface area contributed by atoms with Gasteiger partial charge in [0.05, 0.1) is 4.90 Å². The number of rotatable bonds is 9. The molecule has 1 atom stereocenters. The summed E-state index contributed by atoms with van der Waals surface area (Å²) in [7, 11) is -1.97. The molecule has 1 unspecified atom stereocenters. The number of amides is 1. The topological polar surface area (TPSA) is 75.7 Å². The maximum Gasteiger partial charge on any atom is 0.261 e.